The Balaban J connectivity index is 1.31. The summed E-state index contributed by atoms with van der Waals surface area (Å²) in [4.78, 5) is 26.4. The van der Waals surface area contributed by atoms with Gasteiger partial charge in [0.1, 0.15) is 12.1 Å². The number of amides is 1. The summed E-state index contributed by atoms with van der Waals surface area (Å²) in [7, 11) is 0. The molecule has 9 nitrogen and oxygen atoms in total. The first kappa shape index (κ1) is 24.2. The van der Waals surface area contributed by atoms with E-state index in [1.165, 1.54) is 38.4 Å². The van der Waals surface area contributed by atoms with Crippen molar-refractivity contribution in [3.05, 3.63) is 42.5 Å². The van der Waals surface area contributed by atoms with Crippen LogP contribution >= 0.6 is 0 Å². The number of anilines is 2. The van der Waals surface area contributed by atoms with Crippen LogP contribution in [0.5, 0.6) is 5.75 Å². The van der Waals surface area contributed by atoms with Crippen LogP contribution in [0, 0.1) is 5.92 Å². The minimum Gasteiger partial charge on any atom is -0.493 e. The molecule has 3 aromatic rings. The van der Waals surface area contributed by atoms with Crippen LogP contribution in [-0.4, -0.2) is 37.7 Å². The Morgan fingerprint density at radius 1 is 0.972 bits per heavy atom. The second kappa shape index (κ2) is 12.0. The Kier molecular flexibility index (Phi) is 8.05. The van der Waals surface area contributed by atoms with Crippen molar-refractivity contribution in [1.29, 1.82) is 0 Å². The van der Waals surface area contributed by atoms with E-state index >= 15 is 0 Å². The molecule has 36 heavy (non-hydrogen) atoms. The molecule has 0 radical (unpaired) electrons. The van der Waals surface area contributed by atoms with E-state index < -0.39 is 0 Å². The lowest BCUT2D eigenvalue weighted by Gasteiger charge is -2.23. The Hall–Kier alpha value is -3.49. The molecule has 190 valence electrons. The summed E-state index contributed by atoms with van der Waals surface area (Å²) in [5.41, 5.74) is 2.63. The second-order valence-corrected chi connectivity index (χ2v) is 9.80. The molecule has 0 saturated heterocycles. The molecule has 0 spiro atoms. The molecule has 3 N–H and O–H groups in total. The number of fused-ring (bicyclic) bond motifs is 1. The number of H-pyrrole nitrogens is 1. The van der Waals surface area contributed by atoms with Gasteiger partial charge >= 0.3 is 0 Å². The van der Waals surface area contributed by atoms with E-state index in [1.54, 1.807) is 12.4 Å². The fourth-order valence-electron chi connectivity index (χ4n) is 5.17. The molecule has 1 aliphatic heterocycles. The van der Waals surface area contributed by atoms with Crippen molar-refractivity contribution < 1.29 is 9.53 Å². The number of carbonyl (C=O) groups is 1. The summed E-state index contributed by atoms with van der Waals surface area (Å²) < 4.78 is 6.10. The van der Waals surface area contributed by atoms with Crippen LogP contribution in [0.25, 0.3) is 11.4 Å². The second-order valence-electron chi connectivity index (χ2n) is 9.80. The van der Waals surface area contributed by atoms with Crippen LogP contribution < -0.4 is 15.4 Å². The van der Waals surface area contributed by atoms with Gasteiger partial charge in [-0.05, 0) is 31.7 Å². The number of nitrogens with zero attached hydrogens (tertiary/aromatic N) is 4. The van der Waals surface area contributed by atoms with Crippen molar-refractivity contribution in [2.75, 3.05) is 11.9 Å². The van der Waals surface area contributed by atoms with Crippen LogP contribution in [-0.2, 0) is 4.79 Å². The Morgan fingerprint density at radius 3 is 2.56 bits per heavy atom. The van der Waals surface area contributed by atoms with Crippen molar-refractivity contribution in [3.63, 3.8) is 0 Å². The van der Waals surface area contributed by atoms with Gasteiger partial charge in [-0.3, -0.25) is 9.89 Å². The number of hydrogen-bond acceptors (Lipinski definition) is 7. The zero-order valence-corrected chi connectivity index (χ0v) is 20.7. The van der Waals surface area contributed by atoms with Crippen LogP contribution in [0.4, 0.5) is 11.6 Å². The van der Waals surface area contributed by atoms with Gasteiger partial charge in [0.2, 0.25) is 11.9 Å². The summed E-state index contributed by atoms with van der Waals surface area (Å²) in [5.74, 6) is 2.08. The molecule has 1 amide bonds. The predicted molar refractivity (Wildman–Crippen MR) is 138 cm³/mol. The standard InChI is InChI=1S/C27H35N7O2/c35-26(19-9-6-4-2-1-3-5-7-10-19)33-23-11-8-14-36-24-15-20(12-13-22(23)24)25-28-18-29-27(34-25)32-21-16-30-31-17-21/h12-13,15-19,23H,1-11,14H2,(H,30,31)(H,33,35)(H,28,29,32,34)/t23-/m1/s1. The largest absolute Gasteiger partial charge is 0.493 e. The van der Waals surface area contributed by atoms with E-state index in [9.17, 15) is 4.79 Å². The van der Waals surface area contributed by atoms with Gasteiger partial charge in [0.25, 0.3) is 0 Å². The van der Waals surface area contributed by atoms with Gasteiger partial charge in [-0.1, -0.05) is 57.1 Å². The van der Waals surface area contributed by atoms with Crippen LogP contribution in [0.15, 0.2) is 36.9 Å². The Morgan fingerprint density at radius 2 is 1.78 bits per heavy atom. The summed E-state index contributed by atoms with van der Waals surface area (Å²) in [6.07, 6.45) is 17.3. The molecule has 1 fully saturated rings. The van der Waals surface area contributed by atoms with Crippen LogP contribution in [0.1, 0.15) is 82.2 Å². The van der Waals surface area contributed by atoms with E-state index in [-0.39, 0.29) is 17.9 Å². The lowest BCUT2D eigenvalue weighted by atomic mass is 9.91. The summed E-state index contributed by atoms with van der Waals surface area (Å²) in [6.45, 7) is 0.622. The first-order valence-corrected chi connectivity index (χ1v) is 13.3. The number of rotatable bonds is 5. The Labute approximate surface area is 211 Å². The molecule has 9 heteroatoms. The summed E-state index contributed by atoms with van der Waals surface area (Å²) >= 11 is 0. The smallest absolute Gasteiger partial charge is 0.230 e. The number of nitrogens with one attached hydrogen (secondary N) is 3. The minimum absolute atomic E-state index is 0.0452. The van der Waals surface area contributed by atoms with Gasteiger partial charge in [0.15, 0.2) is 5.82 Å². The van der Waals surface area contributed by atoms with Gasteiger partial charge in [-0.15, -0.1) is 0 Å². The highest BCUT2D eigenvalue weighted by atomic mass is 16.5. The summed E-state index contributed by atoms with van der Waals surface area (Å²) in [6, 6.07) is 5.96. The van der Waals surface area contributed by atoms with Crippen molar-refractivity contribution in [3.8, 4) is 17.1 Å². The molecular formula is C27H35N7O2. The third-order valence-electron chi connectivity index (χ3n) is 7.16. The molecule has 3 heterocycles. The van der Waals surface area contributed by atoms with Crippen molar-refractivity contribution in [1.82, 2.24) is 30.5 Å². The molecule has 0 bridgehead atoms. The Bertz CT molecular complexity index is 1120. The number of carbonyl (C=O) groups excluding carboxylic acids is 1. The minimum atomic E-state index is -0.0452. The lowest BCUT2D eigenvalue weighted by molar-refractivity contribution is -0.126. The van der Waals surface area contributed by atoms with Crippen molar-refractivity contribution >= 4 is 17.5 Å². The van der Waals surface area contributed by atoms with Gasteiger partial charge in [-0.2, -0.15) is 10.1 Å². The fraction of sp³-hybridized carbons (Fsp3) is 0.519. The van der Waals surface area contributed by atoms with E-state index in [0.29, 0.717) is 18.4 Å². The highest BCUT2D eigenvalue weighted by Crippen LogP contribution is 2.35. The first-order valence-electron chi connectivity index (χ1n) is 13.3. The fourth-order valence-corrected chi connectivity index (χ4v) is 5.17. The van der Waals surface area contributed by atoms with Gasteiger partial charge in [0.05, 0.1) is 24.5 Å². The first-order chi connectivity index (χ1) is 17.8. The predicted octanol–water partition coefficient (Wildman–Crippen LogP) is 5.48. The maximum Gasteiger partial charge on any atom is 0.230 e. The highest BCUT2D eigenvalue weighted by Gasteiger charge is 2.26. The number of aromatic nitrogens is 5. The number of aromatic amines is 1. The molecule has 1 aromatic carbocycles. The monoisotopic (exact) mass is 489 g/mol. The zero-order valence-electron chi connectivity index (χ0n) is 20.7. The molecule has 0 unspecified atom stereocenters. The molecule has 1 atom stereocenters. The third kappa shape index (κ3) is 6.19. The molecule has 2 aromatic heterocycles. The van der Waals surface area contributed by atoms with Crippen molar-refractivity contribution in [2.45, 2.75) is 76.7 Å². The maximum atomic E-state index is 13.3. The topological polar surface area (TPSA) is 118 Å². The van der Waals surface area contributed by atoms with E-state index in [1.807, 2.05) is 18.2 Å². The van der Waals surface area contributed by atoms with Gasteiger partial charge in [-0.25, -0.2) is 9.97 Å². The SMILES string of the molecule is O=C(N[C@@H]1CCCOc2cc(-c3ncnc(Nc4cn[nH]c4)n3)ccc21)C1CCCCCCCCC1. The molecule has 2 aliphatic rings. The van der Waals surface area contributed by atoms with E-state index in [4.69, 9.17) is 4.74 Å². The maximum absolute atomic E-state index is 13.3. The molecule has 5 rings (SSSR count). The normalized spacial score (nSPS) is 19.4. The van der Waals surface area contributed by atoms with E-state index in [2.05, 4.69) is 35.8 Å². The average Bonchev–Trinajstić information content (AvgIpc) is 3.33. The lowest BCUT2D eigenvalue weighted by Crippen LogP contribution is -2.34. The molecular weight excluding hydrogens is 454 g/mol. The third-order valence-corrected chi connectivity index (χ3v) is 7.16. The van der Waals surface area contributed by atoms with Crippen molar-refractivity contribution in [2.24, 2.45) is 5.92 Å². The zero-order chi connectivity index (χ0) is 24.6. The van der Waals surface area contributed by atoms with Crippen LogP contribution in [0.2, 0.25) is 0 Å². The number of hydrogen-bond donors (Lipinski definition) is 3. The van der Waals surface area contributed by atoms with Gasteiger partial charge < -0.3 is 15.4 Å². The number of benzene rings is 1. The van der Waals surface area contributed by atoms with Gasteiger partial charge in [0, 0.05) is 23.2 Å². The molecule has 1 saturated carbocycles. The quantitative estimate of drug-likeness (QED) is 0.434. The number of ether oxygens (including phenoxy) is 1. The average molecular weight is 490 g/mol. The highest BCUT2D eigenvalue weighted by molar-refractivity contribution is 5.79. The molecule has 1 aliphatic carbocycles. The summed E-state index contributed by atoms with van der Waals surface area (Å²) in [5, 5.41) is 13.2. The van der Waals surface area contributed by atoms with Crippen LogP contribution in [0.3, 0.4) is 0 Å². The van der Waals surface area contributed by atoms with E-state index in [0.717, 1.165) is 61.1 Å².